The van der Waals surface area contributed by atoms with E-state index in [-0.39, 0.29) is 16.8 Å². The molecule has 0 aliphatic carbocycles. The number of benzene rings is 1. The molecule has 16 heavy (non-hydrogen) atoms. The van der Waals surface area contributed by atoms with Gasteiger partial charge in [0.05, 0.1) is 5.37 Å². The van der Waals surface area contributed by atoms with Gasteiger partial charge in [0, 0.05) is 17.9 Å². The number of hydrogen-bond acceptors (Lipinski definition) is 2. The van der Waals surface area contributed by atoms with Gasteiger partial charge in [0.25, 0.3) is 5.91 Å². The van der Waals surface area contributed by atoms with Crippen LogP contribution < -0.4 is 0 Å². The van der Waals surface area contributed by atoms with Crippen LogP contribution in [0, 0.1) is 11.6 Å². The monoisotopic (exact) mass is 243 g/mol. The predicted molar refractivity (Wildman–Crippen MR) is 59.3 cm³/mol. The molecule has 5 heteroatoms. The number of halogens is 2. The van der Waals surface area contributed by atoms with Gasteiger partial charge in [-0.1, -0.05) is 0 Å². The molecule has 86 valence electrons. The Morgan fingerprint density at radius 3 is 2.75 bits per heavy atom. The maximum absolute atomic E-state index is 13.0. The molecule has 1 aliphatic heterocycles. The fourth-order valence-corrected chi connectivity index (χ4v) is 2.68. The standard InChI is InChI=1S/C11H11F2NOS/c1-7-14(4-5-16-7)11(15)8-2-3-9(12)10(13)6-8/h2-3,6-7H,4-5H2,1H3. The zero-order valence-electron chi connectivity index (χ0n) is 8.74. The molecule has 0 saturated carbocycles. The highest BCUT2D eigenvalue weighted by atomic mass is 32.2. The lowest BCUT2D eigenvalue weighted by molar-refractivity contribution is 0.0768. The molecule has 2 nitrogen and oxygen atoms in total. The lowest BCUT2D eigenvalue weighted by Gasteiger charge is -2.20. The third kappa shape index (κ3) is 2.04. The summed E-state index contributed by atoms with van der Waals surface area (Å²) in [6.07, 6.45) is 0. The second-order valence-corrected chi connectivity index (χ2v) is 5.02. The van der Waals surface area contributed by atoms with Gasteiger partial charge in [0.1, 0.15) is 0 Å². The maximum atomic E-state index is 13.0. The Morgan fingerprint density at radius 2 is 2.19 bits per heavy atom. The van der Waals surface area contributed by atoms with Crippen molar-refractivity contribution in [2.75, 3.05) is 12.3 Å². The van der Waals surface area contributed by atoms with E-state index in [0.29, 0.717) is 6.54 Å². The van der Waals surface area contributed by atoms with Crippen molar-refractivity contribution in [2.24, 2.45) is 0 Å². The average molecular weight is 243 g/mol. The minimum Gasteiger partial charge on any atom is -0.326 e. The van der Waals surface area contributed by atoms with Crippen LogP contribution in [-0.2, 0) is 0 Å². The van der Waals surface area contributed by atoms with E-state index < -0.39 is 11.6 Å². The van der Waals surface area contributed by atoms with Crippen molar-refractivity contribution in [3.63, 3.8) is 0 Å². The van der Waals surface area contributed by atoms with Crippen LogP contribution in [0.3, 0.4) is 0 Å². The Balaban J connectivity index is 2.23. The van der Waals surface area contributed by atoms with Crippen LogP contribution >= 0.6 is 11.8 Å². The van der Waals surface area contributed by atoms with Crippen LogP contribution in [0.5, 0.6) is 0 Å². The Kier molecular flexibility index (Phi) is 3.14. The van der Waals surface area contributed by atoms with Crippen molar-refractivity contribution >= 4 is 17.7 Å². The SMILES string of the molecule is CC1SCCN1C(=O)c1ccc(F)c(F)c1. The van der Waals surface area contributed by atoms with Crippen molar-refractivity contribution < 1.29 is 13.6 Å². The minimum absolute atomic E-state index is 0.0978. The molecule has 1 aromatic carbocycles. The largest absolute Gasteiger partial charge is 0.326 e. The Bertz CT molecular complexity index is 424. The first-order valence-corrected chi connectivity index (χ1v) is 6.02. The van der Waals surface area contributed by atoms with E-state index in [1.807, 2.05) is 6.92 Å². The highest BCUT2D eigenvalue weighted by Crippen LogP contribution is 2.25. The molecule has 0 spiro atoms. The van der Waals surface area contributed by atoms with Crippen LogP contribution in [0.25, 0.3) is 0 Å². The van der Waals surface area contributed by atoms with Crippen LogP contribution in [0.4, 0.5) is 8.78 Å². The van der Waals surface area contributed by atoms with Gasteiger partial charge in [-0.25, -0.2) is 8.78 Å². The van der Waals surface area contributed by atoms with Gasteiger partial charge in [-0.15, -0.1) is 11.8 Å². The maximum Gasteiger partial charge on any atom is 0.254 e. The number of nitrogens with zero attached hydrogens (tertiary/aromatic N) is 1. The molecule has 1 heterocycles. The molecule has 1 fully saturated rings. The first kappa shape index (κ1) is 11.4. The fraction of sp³-hybridized carbons (Fsp3) is 0.364. The highest BCUT2D eigenvalue weighted by Gasteiger charge is 2.26. The van der Waals surface area contributed by atoms with E-state index in [1.54, 1.807) is 16.7 Å². The van der Waals surface area contributed by atoms with Crippen molar-refractivity contribution in [2.45, 2.75) is 12.3 Å². The molecule has 0 aromatic heterocycles. The van der Waals surface area contributed by atoms with E-state index in [9.17, 15) is 13.6 Å². The molecule has 1 atom stereocenters. The summed E-state index contributed by atoms with van der Waals surface area (Å²) in [5, 5.41) is 0.0978. The summed E-state index contributed by atoms with van der Waals surface area (Å²) in [5.74, 6) is -1.27. The Morgan fingerprint density at radius 1 is 1.44 bits per heavy atom. The van der Waals surface area contributed by atoms with Gasteiger partial charge in [-0.3, -0.25) is 4.79 Å². The first-order chi connectivity index (χ1) is 7.59. The van der Waals surface area contributed by atoms with Crippen LogP contribution in [-0.4, -0.2) is 28.5 Å². The van der Waals surface area contributed by atoms with Crippen molar-refractivity contribution in [1.82, 2.24) is 4.90 Å². The number of rotatable bonds is 1. The topological polar surface area (TPSA) is 20.3 Å². The van der Waals surface area contributed by atoms with Crippen molar-refractivity contribution in [3.8, 4) is 0 Å². The highest BCUT2D eigenvalue weighted by molar-refractivity contribution is 8.00. The molecule has 1 unspecified atom stereocenters. The lowest BCUT2D eigenvalue weighted by atomic mass is 10.2. The average Bonchev–Trinajstić information content (AvgIpc) is 2.67. The molecule has 2 rings (SSSR count). The van der Waals surface area contributed by atoms with Crippen molar-refractivity contribution in [3.05, 3.63) is 35.4 Å². The van der Waals surface area contributed by atoms with E-state index in [4.69, 9.17) is 0 Å². The fourth-order valence-electron chi connectivity index (χ4n) is 1.66. The molecular weight excluding hydrogens is 232 g/mol. The summed E-state index contributed by atoms with van der Waals surface area (Å²) >= 11 is 1.67. The Labute approximate surface area is 96.6 Å². The van der Waals surface area contributed by atoms with Gasteiger partial charge < -0.3 is 4.90 Å². The molecule has 1 aliphatic rings. The van der Waals surface area contributed by atoms with Gasteiger partial charge in [0.2, 0.25) is 0 Å². The zero-order valence-corrected chi connectivity index (χ0v) is 9.56. The van der Waals surface area contributed by atoms with Gasteiger partial charge >= 0.3 is 0 Å². The normalized spacial score (nSPS) is 20.2. The Hall–Kier alpha value is -1.10. The number of carbonyl (C=O) groups is 1. The molecule has 0 N–H and O–H groups in total. The van der Waals surface area contributed by atoms with Gasteiger partial charge in [-0.2, -0.15) is 0 Å². The van der Waals surface area contributed by atoms with E-state index in [0.717, 1.165) is 17.9 Å². The number of thioether (sulfide) groups is 1. The number of carbonyl (C=O) groups excluding carboxylic acids is 1. The molecule has 1 amide bonds. The molecule has 0 bridgehead atoms. The van der Waals surface area contributed by atoms with Crippen LogP contribution in [0.2, 0.25) is 0 Å². The van der Waals surface area contributed by atoms with Gasteiger partial charge in [-0.05, 0) is 25.1 Å². The van der Waals surface area contributed by atoms with E-state index in [2.05, 4.69) is 0 Å². The minimum atomic E-state index is -0.981. The third-order valence-electron chi connectivity index (χ3n) is 2.56. The van der Waals surface area contributed by atoms with Crippen LogP contribution in [0.1, 0.15) is 17.3 Å². The summed E-state index contributed by atoms with van der Waals surface area (Å²) in [6.45, 7) is 2.58. The quantitative estimate of drug-likeness (QED) is 0.755. The van der Waals surface area contributed by atoms with E-state index >= 15 is 0 Å². The van der Waals surface area contributed by atoms with E-state index in [1.165, 1.54) is 6.07 Å². The summed E-state index contributed by atoms with van der Waals surface area (Å²) in [5.41, 5.74) is 0.202. The zero-order chi connectivity index (χ0) is 11.7. The van der Waals surface area contributed by atoms with Crippen LogP contribution in [0.15, 0.2) is 18.2 Å². The second-order valence-electron chi connectivity index (χ2n) is 3.60. The predicted octanol–water partition coefficient (Wildman–Crippen LogP) is 2.50. The second kappa shape index (κ2) is 4.41. The first-order valence-electron chi connectivity index (χ1n) is 4.97. The third-order valence-corrected chi connectivity index (χ3v) is 3.71. The van der Waals surface area contributed by atoms with Gasteiger partial charge in [0.15, 0.2) is 11.6 Å². The summed E-state index contributed by atoms with van der Waals surface area (Å²) in [6, 6.07) is 3.25. The van der Waals surface area contributed by atoms with Crippen molar-refractivity contribution in [1.29, 1.82) is 0 Å². The summed E-state index contributed by atoms with van der Waals surface area (Å²) in [7, 11) is 0. The smallest absolute Gasteiger partial charge is 0.254 e. The molecule has 1 saturated heterocycles. The number of amides is 1. The molecule has 0 radical (unpaired) electrons. The summed E-state index contributed by atoms with van der Waals surface area (Å²) < 4.78 is 25.7. The molecule has 1 aromatic rings. The lowest BCUT2D eigenvalue weighted by Crippen LogP contribution is -2.33. The molecular formula is C11H11F2NOS. The summed E-state index contributed by atoms with van der Waals surface area (Å²) in [4.78, 5) is 13.6. The number of hydrogen-bond donors (Lipinski definition) is 0.